The van der Waals surface area contributed by atoms with Gasteiger partial charge in [0.05, 0.1) is 18.4 Å². The molecule has 2 unspecified atom stereocenters. The zero-order valence-corrected chi connectivity index (χ0v) is 13.3. The van der Waals surface area contributed by atoms with Gasteiger partial charge in [-0.3, -0.25) is 9.59 Å². The Labute approximate surface area is 130 Å². The molecule has 0 aromatic heterocycles. The van der Waals surface area contributed by atoms with Crippen LogP contribution in [0.15, 0.2) is 24.3 Å². The van der Waals surface area contributed by atoms with E-state index < -0.39 is 11.9 Å². The summed E-state index contributed by atoms with van der Waals surface area (Å²) in [7, 11) is 0. The Kier molecular flexibility index (Phi) is 5.06. The lowest BCUT2D eigenvalue weighted by molar-refractivity contribution is -0.143. The van der Waals surface area contributed by atoms with Gasteiger partial charge in [0, 0.05) is 18.2 Å². The van der Waals surface area contributed by atoms with Crippen molar-refractivity contribution in [2.75, 3.05) is 6.54 Å². The Morgan fingerprint density at radius 1 is 1.36 bits per heavy atom. The molecule has 1 aromatic carbocycles. The minimum atomic E-state index is -0.827. The van der Waals surface area contributed by atoms with Gasteiger partial charge in [0.15, 0.2) is 0 Å². The van der Waals surface area contributed by atoms with Crippen LogP contribution in [-0.4, -0.2) is 40.6 Å². The first-order valence-electron chi connectivity index (χ1n) is 7.67. The molecule has 1 amide bonds. The maximum absolute atomic E-state index is 12.5. The summed E-state index contributed by atoms with van der Waals surface area (Å²) in [6.07, 6.45) is 0.796. The van der Waals surface area contributed by atoms with Crippen LogP contribution in [-0.2, 0) is 16.0 Å². The topological polar surface area (TPSA) is 66.8 Å². The fourth-order valence-corrected chi connectivity index (χ4v) is 2.91. The van der Waals surface area contributed by atoms with E-state index in [-0.39, 0.29) is 24.5 Å². The number of rotatable bonds is 5. The molecule has 120 valence electrons. The second kappa shape index (κ2) is 6.81. The molecule has 0 radical (unpaired) electrons. The maximum Gasteiger partial charge on any atom is 0.308 e. The molecule has 5 heteroatoms. The molecule has 1 aliphatic rings. The number of amides is 1. The van der Waals surface area contributed by atoms with Crippen molar-refractivity contribution in [2.45, 2.75) is 45.8 Å². The van der Waals surface area contributed by atoms with Crippen molar-refractivity contribution in [3.8, 4) is 5.75 Å². The minimum absolute atomic E-state index is 0.0401. The molecule has 0 saturated carbocycles. The third-order valence-electron chi connectivity index (χ3n) is 4.07. The Hall–Kier alpha value is -2.04. The molecule has 0 spiro atoms. The largest absolute Gasteiger partial charge is 0.491 e. The van der Waals surface area contributed by atoms with Gasteiger partial charge < -0.3 is 14.7 Å². The molecule has 22 heavy (non-hydrogen) atoms. The number of hydrogen-bond donors (Lipinski definition) is 1. The molecule has 2 rings (SSSR count). The standard InChI is InChI=1S/C17H23NO4/c1-11(2)22-15-7-5-4-6-13(15)10-16(19)18-9-8-14(12(18)3)17(20)21/h4-7,11-12,14H,8-10H2,1-3H3,(H,20,21). The highest BCUT2D eigenvalue weighted by molar-refractivity contribution is 5.82. The SMILES string of the molecule is CC(C)Oc1ccccc1CC(=O)N1CCC(C(=O)O)C1C. The van der Waals surface area contributed by atoms with E-state index in [0.717, 1.165) is 5.56 Å². The number of likely N-dealkylation sites (tertiary alicyclic amines) is 1. The normalized spacial score (nSPS) is 21.2. The predicted molar refractivity (Wildman–Crippen MR) is 82.8 cm³/mol. The minimum Gasteiger partial charge on any atom is -0.491 e. The highest BCUT2D eigenvalue weighted by Crippen LogP contribution is 2.27. The number of hydrogen-bond acceptors (Lipinski definition) is 3. The summed E-state index contributed by atoms with van der Waals surface area (Å²) in [5.41, 5.74) is 0.840. The molecule has 5 nitrogen and oxygen atoms in total. The summed E-state index contributed by atoms with van der Waals surface area (Å²) >= 11 is 0. The second-order valence-corrected chi connectivity index (χ2v) is 6.01. The van der Waals surface area contributed by atoms with Gasteiger partial charge in [-0.2, -0.15) is 0 Å². The van der Waals surface area contributed by atoms with Crippen LogP contribution < -0.4 is 4.74 Å². The summed E-state index contributed by atoms with van der Waals surface area (Å²) < 4.78 is 5.73. The van der Waals surface area contributed by atoms with Gasteiger partial charge in [-0.1, -0.05) is 18.2 Å². The number of carboxylic acid groups (broad SMARTS) is 1. The molecule has 1 N–H and O–H groups in total. The van der Waals surface area contributed by atoms with Crippen molar-refractivity contribution < 1.29 is 19.4 Å². The van der Waals surface area contributed by atoms with Crippen LogP contribution in [0.5, 0.6) is 5.75 Å². The van der Waals surface area contributed by atoms with E-state index in [1.165, 1.54) is 0 Å². The lowest BCUT2D eigenvalue weighted by Gasteiger charge is -2.24. The van der Waals surface area contributed by atoms with Crippen LogP contribution in [0.2, 0.25) is 0 Å². The third-order valence-corrected chi connectivity index (χ3v) is 4.07. The molecule has 1 fully saturated rings. The van der Waals surface area contributed by atoms with E-state index in [9.17, 15) is 9.59 Å². The summed E-state index contributed by atoms with van der Waals surface area (Å²) in [5.74, 6) is -0.624. The van der Waals surface area contributed by atoms with Crippen molar-refractivity contribution in [3.05, 3.63) is 29.8 Å². The highest BCUT2D eigenvalue weighted by Gasteiger charge is 2.38. The first-order valence-corrected chi connectivity index (χ1v) is 7.67. The van der Waals surface area contributed by atoms with Gasteiger partial charge in [0.1, 0.15) is 5.75 Å². The Bertz CT molecular complexity index is 555. The first kappa shape index (κ1) is 16.3. The quantitative estimate of drug-likeness (QED) is 0.906. The van der Waals surface area contributed by atoms with Crippen LogP contribution in [0.1, 0.15) is 32.8 Å². The van der Waals surface area contributed by atoms with Gasteiger partial charge in [-0.15, -0.1) is 0 Å². The van der Waals surface area contributed by atoms with Gasteiger partial charge in [0.2, 0.25) is 5.91 Å². The summed E-state index contributed by atoms with van der Waals surface area (Å²) in [5, 5.41) is 9.16. The fraction of sp³-hybridized carbons (Fsp3) is 0.529. The molecule has 1 heterocycles. The monoisotopic (exact) mass is 305 g/mol. The van der Waals surface area contributed by atoms with E-state index in [1.807, 2.05) is 38.1 Å². The smallest absolute Gasteiger partial charge is 0.308 e. The number of carboxylic acids is 1. The fourth-order valence-electron chi connectivity index (χ4n) is 2.91. The van der Waals surface area contributed by atoms with Crippen molar-refractivity contribution in [3.63, 3.8) is 0 Å². The average molecular weight is 305 g/mol. The van der Waals surface area contributed by atoms with Crippen LogP contribution in [0.3, 0.4) is 0 Å². The van der Waals surface area contributed by atoms with E-state index in [4.69, 9.17) is 9.84 Å². The second-order valence-electron chi connectivity index (χ2n) is 6.01. The number of benzene rings is 1. The number of nitrogens with zero attached hydrogens (tertiary/aromatic N) is 1. The number of carbonyl (C=O) groups excluding carboxylic acids is 1. The van der Waals surface area contributed by atoms with Crippen LogP contribution in [0.4, 0.5) is 0 Å². The molecule has 1 aliphatic heterocycles. The maximum atomic E-state index is 12.5. The van der Waals surface area contributed by atoms with Crippen LogP contribution in [0, 0.1) is 5.92 Å². The molecule has 0 aliphatic carbocycles. The van der Waals surface area contributed by atoms with Crippen molar-refractivity contribution in [1.29, 1.82) is 0 Å². The van der Waals surface area contributed by atoms with Crippen molar-refractivity contribution in [2.24, 2.45) is 5.92 Å². The predicted octanol–water partition coefficient (Wildman–Crippen LogP) is 2.34. The van der Waals surface area contributed by atoms with Gasteiger partial charge in [0.25, 0.3) is 0 Å². The zero-order valence-electron chi connectivity index (χ0n) is 13.3. The average Bonchev–Trinajstić information content (AvgIpc) is 2.82. The number of carbonyl (C=O) groups is 2. The van der Waals surface area contributed by atoms with E-state index in [1.54, 1.807) is 11.8 Å². The van der Waals surface area contributed by atoms with Crippen LogP contribution in [0.25, 0.3) is 0 Å². The number of ether oxygens (including phenoxy) is 1. The van der Waals surface area contributed by atoms with Gasteiger partial charge in [-0.25, -0.2) is 0 Å². The lowest BCUT2D eigenvalue weighted by atomic mass is 10.0. The summed E-state index contributed by atoms with van der Waals surface area (Å²) in [6, 6.07) is 7.23. The Balaban J connectivity index is 2.08. The number of aliphatic carboxylic acids is 1. The number of para-hydroxylation sites is 1. The molecule has 2 atom stereocenters. The molecule has 1 saturated heterocycles. The van der Waals surface area contributed by atoms with Gasteiger partial charge >= 0.3 is 5.97 Å². The summed E-state index contributed by atoms with van der Waals surface area (Å²) in [4.78, 5) is 25.3. The van der Waals surface area contributed by atoms with E-state index >= 15 is 0 Å². The molecule has 1 aromatic rings. The Morgan fingerprint density at radius 2 is 2.05 bits per heavy atom. The molecular weight excluding hydrogens is 282 g/mol. The first-order chi connectivity index (χ1) is 10.4. The van der Waals surface area contributed by atoms with Gasteiger partial charge in [-0.05, 0) is 33.3 Å². The van der Waals surface area contributed by atoms with Crippen molar-refractivity contribution in [1.82, 2.24) is 4.90 Å². The highest BCUT2D eigenvalue weighted by atomic mass is 16.5. The zero-order chi connectivity index (χ0) is 16.3. The van der Waals surface area contributed by atoms with E-state index in [0.29, 0.717) is 18.7 Å². The van der Waals surface area contributed by atoms with Crippen molar-refractivity contribution >= 4 is 11.9 Å². The van der Waals surface area contributed by atoms with E-state index in [2.05, 4.69) is 0 Å². The Morgan fingerprint density at radius 3 is 2.64 bits per heavy atom. The summed E-state index contributed by atoms with van der Waals surface area (Å²) in [6.45, 7) is 6.20. The lowest BCUT2D eigenvalue weighted by Crippen LogP contribution is -2.38. The molecular formula is C17H23NO4. The third kappa shape index (κ3) is 3.59. The molecule has 0 bridgehead atoms. The van der Waals surface area contributed by atoms with Crippen LogP contribution >= 0.6 is 0 Å².